The van der Waals surface area contributed by atoms with Crippen LogP contribution in [-0.4, -0.2) is 36.9 Å². The number of para-hydroxylation sites is 1. The van der Waals surface area contributed by atoms with E-state index in [1.807, 2.05) is 61.5 Å². The number of aryl methyl sites for hydroxylation is 1. The lowest BCUT2D eigenvalue weighted by molar-refractivity contribution is -0.142. The Morgan fingerprint density at radius 1 is 1.00 bits per heavy atom. The van der Waals surface area contributed by atoms with Crippen LogP contribution in [0.2, 0.25) is 0 Å². The average Bonchev–Trinajstić information content (AvgIpc) is 2.74. The smallest absolute Gasteiger partial charge is 0.329 e. The SMILES string of the molecule is Cc1cccc(N(C(=O)NCC2CCC(COCC(=O)O)CC2)c2ccccc2)c1. The Hall–Kier alpha value is -2.86. The molecule has 0 aliphatic heterocycles. The summed E-state index contributed by atoms with van der Waals surface area (Å²) in [6.07, 6.45) is 4.02. The second-order valence-corrected chi connectivity index (χ2v) is 7.99. The Morgan fingerprint density at radius 3 is 2.33 bits per heavy atom. The van der Waals surface area contributed by atoms with E-state index in [-0.39, 0.29) is 12.6 Å². The van der Waals surface area contributed by atoms with Crippen LogP contribution < -0.4 is 10.2 Å². The fourth-order valence-electron chi connectivity index (χ4n) is 3.95. The van der Waals surface area contributed by atoms with Gasteiger partial charge in [-0.15, -0.1) is 0 Å². The molecule has 6 nitrogen and oxygen atoms in total. The minimum Gasteiger partial charge on any atom is -0.480 e. The van der Waals surface area contributed by atoms with E-state index in [9.17, 15) is 9.59 Å². The molecule has 1 aliphatic carbocycles. The third-order valence-electron chi connectivity index (χ3n) is 5.56. The first-order chi connectivity index (χ1) is 14.5. The number of rotatable bonds is 8. The Kier molecular flexibility index (Phi) is 7.85. The lowest BCUT2D eigenvalue weighted by Crippen LogP contribution is -2.40. The van der Waals surface area contributed by atoms with Crippen molar-refractivity contribution in [3.05, 3.63) is 60.2 Å². The van der Waals surface area contributed by atoms with Crippen molar-refractivity contribution in [2.45, 2.75) is 32.6 Å². The molecule has 2 amide bonds. The maximum absolute atomic E-state index is 13.1. The van der Waals surface area contributed by atoms with E-state index in [1.165, 1.54) is 0 Å². The summed E-state index contributed by atoms with van der Waals surface area (Å²) < 4.78 is 5.23. The first-order valence-corrected chi connectivity index (χ1v) is 10.5. The lowest BCUT2D eigenvalue weighted by atomic mass is 9.82. The summed E-state index contributed by atoms with van der Waals surface area (Å²) in [6, 6.07) is 17.5. The standard InChI is InChI=1S/C24H30N2O4/c1-18-6-5-9-22(14-18)26(21-7-3-2-4-8-21)24(29)25-15-19-10-12-20(13-11-19)16-30-17-23(27)28/h2-9,14,19-20H,10-13,15-17H2,1H3,(H,25,29)(H,27,28). The van der Waals surface area contributed by atoms with Crippen molar-refractivity contribution in [2.75, 3.05) is 24.7 Å². The average molecular weight is 411 g/mol. The number of hydrogen-bond acceptors (Lipinski definition) is 3. The predicted octanol–water partition coefficient (Wildman–Crippen LogP) is 4.75. The van der Waals surface area contributed by atoms with E-state index >= 15 is 0 Å². The van der Waals surface area contributed by atoms with Gasteiger partial charge in [-0.2, -0.15) is 0 Å². The van der Waals surface area contributed by atoms with Crippen molar-refractivity contribution in [3.63, 3.8) is 0 Å². The van der Waals surface area contributed by atoms with Gasteiger partial charge in [0, 0.05) is 6.54 Å². The summed E-state index contributed by atoms with van der Waals surface area (Å²) in [5.41, 5.74) is 2.78. The zero-order chi connectivity index (χ0) is 21.3. The number of urea groups is 1. The molecule has 0 spiro atoms. The monoisotopic (exact) mass is 410 g/mol. The van der Waals surface area contributed by atoms with Crippen LogP contribution in [0.25, 0.3) is 0 Å². The normalized spacial score (nSPS) is 18.6. The van der Waals surface area contributed by atoms with Crippen molar-refractivity contribution in [3.8, 4) is 0 Å². The summed E-state index contributed by atoms with van der Waals surface area (Å²) in [6.45, 7) is 2.92. The summed E-state index contributed by atoms with van der Waals surface area (Å²) >= 11 is 0. The number of carbonyl (C=O) groups is 2. The molecule has 30 heavy (non-hydrogen) atoms. The van der Waals surface area contributed by atoms with Gasteiger partial charge in [-0.3, -0.25) is 4.90 Å². The van der Waals surface area contributed by atoms with Gasteiger partial charge < -0.3 is 15.2 Å². The van der Waals surface area contributed by atoms with Crippen molar-refractivity contribution >= 4 is 23.4 Å². The molecule has 0 heterocycles. The van der Waals surface area contributed by atoms with Crippen LogP contribution in [0.15, 0.2) is 54.6 Å². The number of anilines is 2. The molecule has 1 saturated carbocycles. The van der Waals surface area contributed by atoms with Crippen LogP contribution >= 0.6 is 0 Å². The zero-order valence-corrected chi connectivity index (χ0v) is 17.4. The van der Waals surface area contributed by atoms with Crippen molar-refractivity contribution in [2.24, 2.45) is 11.8 Å². The van der Waals surface area contributed by atoms with Crippen LogP contribution in [-0.2, 0) is 9.53 Å². The van der Waals surface area contributed by atoms with Gasteiger partial charge in [-0.1, -0.05) is 30.3 Å². The predicted molar refractivity (Wildman–Crippen MR) is 117 cm³/mol. The Bertz CT molecular complexity index is 832. The minimum atomic E-state index is -0.928. The second kappa shape index (κ2) is 10.8. The van der Waals surface area contributed by atoms with Gasteiger partial charge >= 0.3 is 12.0 Å². The molecule has 0 unspecified atom stereocenters. The molecule has 160 valence electrons. The van der Waals surface area contributed by atoms with Crippen molar-refractivity contribution in [1.29, 1.82) is 0 Å². The molecule has 1 aliphatic rings. The van der Waals surface area contributed by atoms with Gasteiger partial charge in [-0.25, -0.2) is 9.59 Å². The highest BCUT2D eigenvalue weighted by Gasteiger charge is 2.24. The number of nitrogens with zero attached hydrogens (tertiary/aromatic N) is 1. The number of amides is 2. The number of carboxylic acids is 1. The molecule has 2 N–H and O–H groups in total. The molecule has 6 heteroatoms. The number of nitrogens with one attached hydrogen (secondary N) is 1. The van der Waals surface area contributed by atoms with E-state index in [0.29, 0.717) is 25.0 Å². The third kappa shape index (κ3) is 6.32. The molecule has 0 radical (unpaired) electrons. The van der Waals surface area contributed by atoms with Crippen LogP contribution in [0.5, 0.6) is 0 Å². The molecule has 2 aromatic rings. The molecule has 2 aromatic carbocycles. The summed E-state index contributed by atoms with van der Waals surface area (Å²) in [7, 11) is 0. The number of aliphatic carboxylic acids is 1. The molecule has 0 bridgehead atoms. The van der Waals surface area contributed by atoms with Crippen molar-refractivity contribution in [1.82, 2.24) is 5.32 Å². The Labute approximate surface area is 177 Å². The van der Waals surface area contributed by atoms with Crippen LogP contribution in [0.1, 0.15) is 31.2 Å². The fourth-order valence-corrected chi connectivity index (χ4v) is 3.95. The highest BCUT2D eigenvalue weighted by molar-refractivity contribution is 5.99. The first-order valence-electron chi connectivity index (χ1n) is 10.5. The number of carbonyl (C=O) groups excluding carboxylic acids is 1. The fraction of sp³-hybridized carbons (Fsp3) is 0.417. The van der Waals surface area contributed by atoms with E-state index in [0.717, 1.165) is 42.6 Å². The molecule has 0 saturated heterocycles. The molecule has 3 rings (SSSR count). The van der Waals surface area contributed by atoms with E-state index in [2.05, 4.69) is 5.32 Å². The van der Waals surface area contributed by atoms with Gasteiger partial charge in [0.15, 0.2) is 0 Å². The number of carboxylic acid groups (broad SMARTS) is 1. The summed E-state index contributed by atoms with van der Waals surface area (Å²) in [4.78, 5) is 25.4. The second-order valence-electron chi connectivity index (χ2n) is 7.99. The van der Waals surface area contributed by atoms with Gasteiger partial charge in [0.1, 0.15) is 6.61 Å². The van der Waals surface area contributed by atoms with Gasteiger partial charge in [0.2, 0.25) is 0 Å². The summed E-state index contributed by atoms with van der Waals surface area (Å²) in [5.74, 6) is -0.0906. The van der Waals surface area contributed by atoms with Gasteiger partial charge in [-0.05, 0) is 74.3 Å². The topological polar surface area (TPSA) is 78.9 Å². The van der Waals surface area contributed by atoms with E-state index in [4.69, 9.17) is 9.84 Å². The highest BCUT2D eigenvalue weighted by atomic mass is 16.5. The van der Waals surface area contributed by atoms with Crippen LogP contribution in [0.4, 0.5) is 16.2 Å². The Morgan fingerprint density at radius 2 is 1.67 bits per heavy atom. The van der Waals surface area contributed by atoms with Crippen molar-refractivity contribution < 1.29 is 19.4 Å². The highest BCUT2D eigenvalue weighted by Crippen LogP contribution is 2.29. The van der Waals surface area contributed by atoms with Crippen LogP contribution in [0.3, 0.4) is 0 Å². The third-order valence-corrected chi connectivity index (χ3v) is 5.56. The van der Waals surface area contributed by atoms with Gasteiger partial charge in [0.25, 0.3) is 0 Å². The molecule has 0 atom stereocenters. The maximum Gasteiger partial charge on any atom is 0.329 e. The van der Waals surface area contributed by atoms with Gasteiger partial charge in [0.05, 0.1) is 18.0 Å². The molecule has 0 aromatic heterocycles. The molecular weight excluding hydrogens is 380 g/mol. The van der Waals surface area contributed by atoms with E-state index < -0.39 is 5.97 Å². The Balaban J connectivity index is 1.55. The number of hydrogen-bond donors (Lipinski definition) is 2. The number of ether oxygens (including phenoxy) is 1. The quantitative estimate of drug-likeness (QED) is 0.658. The molecule has 1 fully saturated rings. The number of benzene rings is 2. The first kappa shape index (κ1) is 21.8. The van der Waals surface area contributed by atoms with E-state index in [1.54, 1.807) is 4.90 Å². The zero-order valence-electron chi connectivity index (χ0n) is 17.4. The minimum absolute atomic E-state index is 0.126. The molecular formula is C24H30N2O4. The largest absolute Gasteiger partial charge is 0.480 e. The van der Waals surface area contributed by atoms with Crippen LogP contribution in [0, 0.1) is 18.8 Å². The summed E-state index contributed by atoms with van der Waals surface area (Å²) in [5, 5.41) is 11.8. The maximum atomic E-state index is 13.1. The lowest BCUT2D eigenvalue weighted by Gasteiger charge is -2.29.